The quantitative estimate of drug-likeness (QED) is 0.845. The maximum absolute atomic E-state index is 12.1. The van der Waals surface area contributed by atoms with Crippen LogP contribution in [0.3, 0.4) is 0 Å². The zero-order valence-corrected chi connectivity index (χ0v) is 15.1. The molecule has 0 bridgehead atoms. The third-order valence-corrected chi connectivity index (χ3v) is 4.96. The molecule has 2 heterocycles. The Bertz CT molecular complexity index is 733. The fraction of sp³-hybridized carbons (Fsp3) is 0.579. The number of likely N-dealkylation sites (tertiary alicyclic amines) is 1. The van der Waals surface area contributed by atoms with Crippen molar-refractivity contribution in [2.75, 3.05) is 19.7 Å². The van der Waals surface area contributed by atoms with Gasteiger partial charge in [0.1, 0.15) is 5.60 Å². The molecule has 2 aromatic rings. The van der Waals surface area contributed by atoms with Crippen LogP contribution in [-0.4, -0.2) is 45.6 Å². The summed E-state index contributed by atoms with van der Waals surface area (Å²) >= 11 is 0. The van der Waals surface area contributed by atoms with Crippen LogP contribution >= 0.6 is 0 Å². The smallest absolute Gasteiger partial charge is 0.409 e. The highest BCUT2D eigenvalue weighted by Crippen LogP contribution is 2.37. The number of aryl methyl sites for hydroxylation is 1. The Morgan fingerprint density at radius 1 is 1.28 bits per heavy atom. The zero-order valence-electron chi connectivity index (χ0n) is 15.1. The average molecular weight is 345 g/mol. The number of nitrogens with zero attached hydrogens (tertiary/aromatic N) is 3. The highest BCUT2D eigenvalue weighted by Gasteiger charge is 2.39. The van der Waals surface area contributed by atoms with Crippen LogP contribution in [0.1, 0.15) is 45.2 Å². The first-order valence-electron chi connectivity index (χ1n) is 9.19. The van der Waals surface area contributed by atoms with E-state index >= 15 is 0 Å². The molecule has 1 aliphatic rings. The van der Waals surface area contributed by atoms with Crippen molar-refractivity contribution in [3.05, 3.63) is 30.0 Å². The summed E-state index contributed by atoms with van der Waals surface area (Å²) in [5.74, 6) is 0. The van der Waals surface area contributed by atoms with E-state index in [2.05, 4.69) is 12.0 Å². The molecule has 3 rings (SSSR count). The van der Waals surface area contributed by atoms with Crippen molar-refractivity contribution in [3.63, 3.8) is 0 Å². The van der Waals surface area contributed by atoms with Gasteiger partial charge in [0, 0.05) is 25.0 Å². The summed E-state index contributed by atoms with van der Waals surface area (Å²) in [5, 5.41) is 16.9. The largest absolute Gasteiger partial charge is 0.449 e. The summed E-state index contributed by atoms with van der Waals surface area (Å²) in [5.41, 5.74) is 0.797. The minimum Gasteiger partial charge on any atom is -0.449 e. The molecule has 25 heavy (non-hydrogen) atoms. The van der Waals surface area contributed by atoms with Crippen molar-refractivity contribution in [2.45, 2.75) is 51.7 Å². The van der Waals surface area contributed by atoms with E-state index in [4.69, 9.17) is 4.74 Å². The molecule has 136 valence electrons. The van der Waals surface area contributed by atoms with Gasteiger partial charge in [-0.1, -0.05) is 31.5 Å². The Labute approximate surface area is 148 Å². The summed E-state index contributed by atoms with van der Waals surface area (Å²) in [6, 6.07) is 7.90. The molecule has 6 nitrogen and oxygen atoms in total. The van der Waals surface area contributed by atoms with Gasteiger partial charge in [0.15, 0.2) is 0 Å². The Hall–Kier alpha value is -2.08. The maximum Gasteiger partial charge on any atom is 0.409 e. The number of benzene rings is 1. The number of ether oxygens (including phenoxy) is 1. The van der Waals surface area contributed by atoms with Crippen molar-refractivity contribution in [1.29, 1.82) is 0 Å². The molecule has 1 saturated heterocycles. The lowest BCUT2D eigenvalue weighted by Gasteiger charge is -2.38. The Morgan fingerprint density at radius 3 is 2.68 bits per heavy atom. The van der Waals surface area contributed by atoms with Gasteiger partial charge >= 0.3 is 6.09 Å². The van der Waals surface area contributed by atoms with Gasteiger partial charge in [-0.25, -0.2) is 4.79 Å². The third-order valence-electron chi connectivity index (χ3n) is 4.96. The second-order valence-electron chi connectivity index (χ2n) is 6.67. The molecular weight excluding hydrogens is 318 g/mol. The van der Waals surface area contributed by atoms with Crippen LogP contribution in [0.2, 0.25) is 0 Å². The molecule has 1 aromatic carbocycles. The van der Waals surface area contributed by atoms with Gasteiger partial charge in [-0.2, -0.15) is 5.10 Å². The number of unbranched alkanes of at least 4 members (excludes halogenated alkanes) is 1. The third kappa shape index (κ3) is 3.49. The molecule has 0 aliphatic carbocycles. The SMILES string of the molecule is CCCCOC(=O)N1CCC(O)(c2c3ccccc3nn2CC)CC1. The van der Waals surface area contributed by atoms with E-state index in [1.807, 2.05) is 35.9 Å². The fourth-order valence-electron chi connectivity index (χ4n) is 3.49. The number of fused-ring (bicyclic) bond motifs is 1. The van der Waals surface area contributed by atoms with Crippen molar-refractivity contribution in [2.24, 2.45) is 0 Å². The van der Waals surface area contributed by atoms with E-state index in [0.29, 0.717) is 39.1 Å². The number of hydrogen-bond acceptors (Lipinski definition) is 4. The summed E-state index contributed by atoms with van der Waals surface area (Å²) in [4.78, 5) is 13.8. The monoisotopic (exact) mass is 345 g/mol. The van der Waals surface area contributed by atoms with E-state index in [1.54, 1.807) is 4.90 Å². The van der Waals surface area contributed by atoms with Crippen molar-refractivity contribution in [3.8, 4) is 0 Å². The van der Waals surface area contributed by atoms with Gasteiger partial charge < -0.3 is 14.7 Å². The van der Waals surface area contributed by atoms with Crippen LogP contribution in [0.5, 0.6) is 0 Å². The molecule has 1 N–H and O–H groups in total. The fourth-order valence-corrected chi connectivity index (χ4v) is 3.49. The summed E-state index contributed by atoms with van der Waals surface area (Å²) < 4.78 is 7.17. The Morgan fingerprint density at radius 2 is 2.00 bits per heavy atom. The summed E-state index contributed by atoms with van der Waals surface area (Å²) in [6.45, 7) is 6.24. The van der Waals surface area contributed by atoms with Gasteiger partial charge in [-0.05, 0) is 32.3 Å². The van der Waals surface area contributed by atoms with Crippen LogP contribution in [-0.2, 0) is 16.9 Å². The lowest BCUT2D eigenvalue weighted by Crippen LogP contribution is -2.46. The molecule has 0 saturated carbocycles. The molecule has 6 heteroatoms. The van der Waals surface area contributed by atoms with Gasteiger partial charge in [0.25, 0.3) is 0 Å². The number of hydrogen-bond donors (Lipinski definition) is 1. The van der Waals surface area contributed by atoms with Crippen molar-refractivity contribution >= 4 is 17.0 Å². The minimum absolute atomic E-state index is 0.274. The first-order valence-corrected chi connectivity index (χ1v) is 9.19. The van der Waals surface area contributed by atoms with E-state index in [-0.39, 0.29) is 6.09 Å². The average Bonchev–Trinajstić information content (AvgIpc) is 3.02. The highest BCUT2D eigenvalue weighted by molar-refractivity contribution is 5.82. The van der Waals surface area contributed by atoms with Crippen molar-refractivity contribution < 1.29 is 14.6 Å². The Kier molecular flexibility index (Phi) is 5.27. The lowest BCUT2D eigenvalue weighted by atomic mass is 9.86. The highest BCUT2D eigenvalue weighted by atomic mass is 16.6. The van der Waals surface area contributed by atoms with Crippen LogP contribution in [0.15, 0.2) is 24.3 Å². The normalized spacial score (nSPS) is 17.0. The van der Waals surface area contributed by atoms with E-state index in [1.165, 1.54) is 0 Å². The topological polar surface area (TPSA) is 67.6 Å². The molecular formula is C19H27N3O3. The number of amides is 1. The molecule has 1 amide bonds. The van der Waals surface area contributed by atoms with Gasteiger partial charge in [0.2, 0.25) is 0 Å². The number of carbonyl (C=O) groups excluding carboxylic acids is 1. The zero-order chi connectivity index (χ0) is 17.9. The van der Waals surface area contributed by atoms with E-state index < -0.39 is 5.60 Å². The Balaban J connectivity index is 1.76. The maximum atomic E-state index is 12.1. The van der Waals surface area contributed by atoms with E-state index in [9.17, 15) is 9.90 Å². The number of aromatic nitrogens is 2. The standard InChI is InChI=1S/C19H27N3O3/c1-3-5-14-25-18(23)21-12-10-19(24,11-13-21)17-15-8-6-7-9-16(15)20-22(17)4-2/h6-9,24H,3-5,10-14H2,1-2H3. The van der Waals surface area contributed by atoms with E-state index in [0.717, 1.165) is 29.4 Å². The predicted octanol–water partition coefficient (Wildman–Crippen LogP) is 3.28. The summed E-state index contributed by atoms with van der Waals surface area (Å²) in [7, 11) is 0. The number of aliphatic hydroxyl groups is 1. The molecule has 0 radical (unpaired) electrons. The van der Waals surface area contributed by atoms with Gasteiger partial charge in [-0.3, -0.25) is 4.68 Å². The second-order valence-corrected chi connectivity index (χ2v) is 6.67. The number of rotatable bonds is 5. The van der Waals surface area contributed by atoms with Crippen LogP contribution in [0, 0.1) is 0 Å². The molecule has 0 spiro atoms. The first-order chi connectivity index (χ1) is 12.1. The summed E-state index contributed by atoms with van der Waals surface area (Å²) in [6.07, 6.45) is 2.59. The van der Waals surface area contributed by atoms with Crippen LogP contribution < -0.4 is 0 Å². The minimum atomic E-state index is -0.966. The van der Waals surface area contributed by atoms with Gasteiger partial charge in [-0.15, -0.1) is 0 Å². The van der Waals surface area contributed by atoms with Gasteiger partial charge in [0.05, 0.1) is 17.8 Å². The van der Waals surface area contributed by atoms with Crippen LogP contribution in [0.4, 0.5) is 4.79 Å². The lowest BCUT2D eigenvalue weighted by molar-refractivity contribution is -0.0300. The number of carbonyl (C=O) groups is 1. The molecule has 0 atom stereocenters. The predicted molar refractivity (Wildman–Crippen MR) is 96.4 cm³/mol. The molecule has 1 fully saturated rings. The number of piperidine rings is 1. The molecule has 1 aliphatic heterocycles. The van der Waals surface area contributed by atoms with Crippen molar-refractivity contribution in [1.82, 2.24) is 14.7 Å². The first kappa shape index (κ1) is 17.7. The molecule has 1 aromatic heterocycles. The van der Waals surface area contributed by atoms with Crippen LogP contribution in [0.25, 0.3) is 10.9 Å². The second kappa shape index (κ2) is 7.44. The molecule has 0 unspecified atom stereocenters.